The van der Waals surface area contributed by atoms with E-state index in [1.165, 1.54) is 18.5 Å². The fourth-order valence-corrected chi connectivity index (χ4v) is 4.04. The summed E-state index contributed by atoms with van der Waals surface area (Å²) in [7, 11) is 0. The summed E-state index contributed by atoms with van der Waals surface area (Å²) >= 11 is 0. The Labute approximate surface area is 168 Å². The van der Waals surface area contributed by atoms with Crippen LogP contribution in [0.5, 0.6) is 0 Å². The van der Waals surface area contributed by atoms with Crippen LogP contribution in [0.3, 0.4) is 0 Å². The molecule has 4 rings (SSSR count). The molecule has 0 bridgehead atoms. The minimum Gasteiger partial charge on any atom is -0.301 e. The molecule has 0 amide bonds. The van der Waals surface area contributed by atoms with Gasteiger partial charge in [-0.15, -0.1) is 0 Å². The van der Waals surface area contributed by atoms with Gasteiger partial charge in [-0.2, -0.15) is 0 Å². The molecule has 1 saturated heterocycles. The highest BCUT2D eigenvalue weighted by Gasteiger charge is 2.23. The van der Waals surface area contributed by atoms with E-state index in [2.05, 4.69) is 64.2 Å². The molecule has 145 valence electrons. The van der Waals surface area contributed by atoms with E-state index in [0.29, 0.717) is 0 Å². The molecule has 1 unspecified atom stereocenters. The monoisotopic (exact) mass is 373 g/mol. The molecule has 1 aliphatic heterocycles. The minimum atomic E-state index is 0.101. The first-order chi connectivity index (χ1) is 13.7. The van der Waals surface area contributed by atoms with Gasteiger partial charge in [0.05, 0.1) is 17.3 Å². The third-order valence-corrected chi connectivity index (χ3v) is 5.81. The van der Waals surface area contributed by atoms with Crippen molar-refractivity contribution in [2.75, 3.05) is 32.7 Å². The lowest BCUT2D eigenvalue weighted by Gasteiger charge is -2.37. The highest BCUT2D eigenvalue weighted by atomic mass is 15.3. The third kappa shape index (κ3) is 4.40. The van der Waals surface area contributed by atoms with Crippen LogP contribution in [0.25, 0.3) is 10.9 Å². The van der Waals surface area contributed by atoms with Crippen molar-refractivity contribution in [1.29, 1.82) is 0 Å². The van der Waals surface area contributed by atoms with Gasteiger partial charge >= 0.3 is 0 Å². The molecule has 1 radical (unpaired) electrons. The van der Waals surface area contributed by atoms with Crippen molar-refractivity contribution in [3.05, 3.63) is 78.6 Å². The van der Waals surface area contributed by atoms with Gasteiger partial charge in [0.25, 0.3) is 0 Å². The maximum absolute atomic E-state index is 4.86. The van der Waals surface area contributed by atoms with Crippen molar-refractivity contribution in [1.82, 2.24) is 19.8 Å². The van der Waals surface area contributed by atoms with Gasteiger partial charge in [0.2, 0.25) is 0 Å². The molecular formula is C24H29N4. The molecular weight excluding hydrogens is 344 g/mol. The summed E-state index contributed by atoms with van der Waals surface area (Å²) in [6.45, 7) is 11.9. The molecule has 0 saturated carbocycles. The Morgan fingerprint density at radius 3 is 2.57 bits per heavy atom. The van der Waals surface area contributed by atoms with Crippen molar-refractivity contribution >= 4 is 10.9 Å². The molecule has 1 aliphatic rings. The zero-order chi connectivity index (χ0) is 19.3. The number of piperazine rings is 1. The van der Waals surface area contributed by atoms with E-state index in [-0.39, 0.29) is 6.04 Å². The molecule has 0 aliphatic carbocycles. The average Bonchev–Trinajstić information content (AvgIpc) is 2.74. The summed E-state index contributed by atoms with van der Waals surface area (Å²) in [5, 5.41) is 1.13. The largest absolute Gasteiger partial charge is 0.301 e. The average molecular weight is 374 g/mol. The van der Waals surface area contributed by atoms with Gasteiger partial charge < -0.3 is 4.90 Å². The lowest BCUT2D eigenvalue weighted by Crippen LogP contribution is -2.47. The van der Waals surface area contributed by atoms with Crippen molar-refractivity contribution < 1.29 is 0 Å². The van der Waals surface area contributed by atoms with Crippen LogP contribution in [0.1, 0.15) is 29.4 Å². The number of hydrogen-bond acceptors (Lipinski definition) is 4. The molecule has 1 atom stereocenters. The number of rotatable bonds is 6. The summed E-state index contributed by atoms with van der Waals surface area (Å²) in [4.78, 5) is 14.2. The van der Waals surface area contributed by atoms with Gasteiger partial charge in [0.15, 0.2) is 0 Å². The number of hydrogen-bond donors (Lipinski definition) is 0. The van der Waals surface area contributed by atoms with Crippen LogP contribution >= 0.6 is 0 Å². The second-order valence-electron chi connectivity index (χ2n) is 7.68. The highest BCUT2D eigenvalue weighted by Crippen LogP contribution is 2.23. The Morgan fingerprint density at radius 2 is 1.79 bits per heavy atom. The highest BCUT2D eigenvalue weighted by molar-refractivity contribution is 5.80. The van der Waals surface area contributed by atoms with Crippen LogP contribution in [0.4, 0.5) is 0 Å². The number of nitrogens with zero attached hydrogens (tertiary/aromatic N) is 4. The molecule has 0 spiro atoms. The summed E-state index contributed by atoms with van der Waals surface area (Å²) in [6.07, 6.45) is 4.21. The van der Waals surface area contributed by atoms with E-state index in [4.69, 9.17) is 4.98 Å². The number of aryl methyl sites for hydroxylation is 2. The molecule has 1 fully saturated rings. The van der Waals surface area contributed by atoms with Gasteiger partial charge in [-0.05, 0) is 57.0 Å². The van der Waals surface area contributed by atoms with E-state index in [0.717, 1.165) is 54.9 Å². The molecule has 0 N–H and O–H groups in total. The number of pyridine rings is 2. The van der Waals surface area contributed by atoms with Crippen LogP contribution < -0.4 is 0 Å². The second-order valence-corrected chi connectivity index (χ2v) is 7.68. The summed E-state index contributed by atoms with van der Waals surface area (Å²) in [5.74, 6) is 0. The molecule has 2 aromatic heterocycles. The standard InChI is InChI=1S/C24H29N4/c1-19-22-10-11-23(26-24(22)12-13-25-19)20(2)28-17-15-27(16-18-28)14-6-9-21-7-4-3-5-8-21/h3-5,7-8,10-13,20H,2,6,9,14-18H2,1H3. The Kier molecular flexibility index (Phi) is 5.98. The first-order valence-electron chi connectivity index (χ1n) is 10.3. The van der Waals surface area contributed by atoms with Gasteiger partial charge in [-0.25, -0.2) is 0 Å². The molecule has 4 heteroatoms. The molecule has 4 nitrogen and oxygen atoms in total. The van der Waals surface area contributed by atoms with E-state index in [9.17, 15) is 0 Å². The Balaban J connectivity index is 1.29. The van der Waals surface area contributed by atoms with E-state index >= 15 is 0 Å². The Morgan fingerprint density at radius 1 is 1.00 bits per heavy atom. The first kappa shape index (κ1) is 19.0. The van der Waals surface area contributed by atoms with Gasteiger partial charge in [0.1, 0.15) is 0 Å². The molecule has 1 aromatic carbocycles. The van der Waals surface area contributed by atoms with Gasteiger partial charge in [-0.1, -0.05) is 30.3 Å². The number of benzene rings is 1. The Bertz CT molecular complexity index is 901. The maximum atomic E-state index is 4.86. The molecule has 28 heavy (non-hydrogen) atoms. The van der Waals surface area contributed by atoms with Gasteiger partial charge in [-0.3, -0.25) is 14.9 Å². The SMILES string of the molecule is [CH2]C(c1ccc2c(C)nccc2n1)N1CCN(CCCc2ccccc2)CC1. The summed E-state index contributed by atoms with van der Waals surface area (Å²) < 4.78 is 0. The third-order valence-electron chi connectivity index (χ3n) is 5.81. The zero-order valence-electron chi connectivity index (χ0n) is 16.7. The predicted molar refractivity (Wildman–Crippen MR) is 115 cm³/mol. The molecule has 3 aromatic rings. The minimum absolute atomic E-state index is 0.101. The summed E-state index contributed by atoms with van der Waals surface area (Å²) in [6, 6.07) is 17.1. The zero-order valence-corrected chi connectivity index (χ0v) is 16.7. The van der Waals surface area contributed by atoms with Crippen LogP contribution in [-0.4, -0.2) is 52.5 Å². The summed E-state index contributed by atoms with van der Waals surface area (Å²) in [5.41, 5.74) is 4.53. The fraction of sp³-hybridized carbons (Fsp3) is 0.375. The van der Waals surface area contributed by atoms with Crippen LogP contribution in [0.2, 0.25) is 0 Å². The van der Waals surface area contributed by atoms with Gasteiger partial charge in [0, 0.05) is 43.5 Å². The van der Waals surface area contributed by atoms with Crippen molar-refractivity contribution in [3.63, 3.8) is 0 Å². The predicted octanol–water partition coefficient (Wildman–Crippen LogP) is 4.06. The smallest absolute Gasteiger partial charge is 0.0739 e. The van der Waals surface area contributed by atoms with Crippen molar-refractivity contribution in [2.24, 2.45) is 0 Å². The van der Waals surface area contributed by atoms with Crippen LogP contribution in [-0.2, 0) is 6.42 Å². The fourth-order valence-electron chi connectivity index (χ4n) is 4.04. The number of fused-ring (bicyclic) bond motifs is 1. The topological polar surface area (TPSA) is 32.3 Å². The van der Waals surface area contributed by atoms with Crippen LogP contribution in [0.15, 0.2) is 54.7 Å². The van der Waals surface area contributed by atoms with Crippen molar-refractivity contribution in [3.8, 4) is 0 Å². The van der Waals surface area contributed by atoms with E-state index in [1.54, 1.807) is 0 Å². The normalized spacial score (nSPS) is 17.1. The first-order valence-corrected chi connectivity index (χ1v) is 10.3. The molecule has 3 heterocycles. The second kappa shape index (κ2) is 8.80. The van der Waals surface area contributed by atoms with E-state index in [1.807, 2.05) is 19.2 Å². The quantitative estimate of drug-likeness (QED) is 0.652. The maximum Gasteiger partial charge on any atom is 0.0739 e. The van der Waals surface area contributed by atoms with Crippen LogP contribution in [0, 0.1) is 13.8 Å². The number of aromatic nitrogens is 2. The lowest BCUT2D eigenvalue weighted by atomic mass is 10.1. The van der Waals surface area contributed by atoms with E-state index < -0.39 is 0 Å². The Hall–Kier alpha value is -2.30. The van der Waals surface area contributed by atoms with Crippen molar-refractivity contribution in [2.45, 2.75) is 25.8 Å². The lowest BCUT2D eigenvalue weighted by molar-refractivity contribution is 0.109.